The molecule has 0 aliphatic carbocycles. The smallest absolute Gasteiger partial charge is 0.390 e. The molecule has 1 amide bonds. The molecular formula is C24H32ClN5O3S. The van der Waals surface area contributed by atoms with Gasteiger partial charge in [0.25, 0.3) is 0 Å². The molecule has 1 fully saturated rings. The number of amides is 1. The van der Waals surface area contributed by atoms with Crippen LogP contribution < -0.4 is 10.1 Å². The third-order valence-corrected chi connectivity index (χ3v) is 7.24. The summed E-state index contributed by atoms with van der Waals surface area (Å²) in [5, 5.41) is 11.7. The van der Waals surface area contributed by atoms with Gasteiger partial charge in [-0.1, -0.05) is 37.5 Å². The second-order valence-electron chi connectivity index (χ2n) is 10.00. The maximum absolute atomic E-state index is 12.6. The van der Waals surface area contributed by atoms with Gasteiger partial charge in [-0.3, -0.25) is 4.68 Å². The molecule has 1 saturated heterocycles. The van der Waals surface area contributed by atoms with E-state index in [1.54, 1.807) is 0 Å². The van der Waals surface area contributed by atoms with Gasteiger partial charge in [-0.25, -0.2) is 4.79 Å². The van der Waals surface area contributed by atoms with E-state index < -0.39 is 6.09 Å². The average molecular weight is 506 g/mol. The maximum atomic E-state index is 12.6. The Morgan fingerprint density at radius 3 is 2.65 bits per heavy atom. The minimum absolute atomic E-state index is 0.117. The number of hydrogen-bond donors (Lipinski definition) is 1. The number of hydrogen-bond acceptors (Lipinski definition) is 7. The minimum Gasteiger partial charge on any atom is -0.390 e. The number of carbonyl (C=O) groups is 1. The molecule has 10 heteroatoms. The zero-order valence-electron chi connectivity index (χ0n) is 20.3. The Morgan fingerprint density at radius 1 is 1.29 bits per heavy atom. The molecule has 8 nitrogen and oxygen atoms in total. The normalized spacial score (nSPS) is 15.7. The van der Waals surface area contributed by atoms with Crippen molar-refractivity contribution in [1.29, 1.82) is 0 Å². The molecule has 3 aromatic heterocycles. The second kappa shape index (κ2) is 10.1. The topological polar surface area (TPSA) is 85.4 Å². The Bertz CT molecular complexity index is 1120. The predicted molar refractivity (Wildman–Crippen MR) is 134 cm³/mol. The average Bonchev–Trinajstić information content (AvgIpc) is 3.48. The SMILES string of the molecule is CC(C)N1CCC(NC(=O)Oc2cc(C(C)(C)C)n(Cc3cc(-c4ccc(Cl)s4)on3)n2)CC1. The van der Waals surface area contributed by atoms with E-state index in [2.05, 4.69) is 55.1 Å². The van der Waals surface area contributed by atoms with Gasteiger partial charge in [-0.2, -0.15) is 0 Å². The molecule has 0 bridgehead atoms. The van der Waals surface area contributed by atoms with E-state index in [1.165, 1.54) is 11.3 Å². The molecule has 1 N–H and O–H groups in total. The van der Waals surface area contributed by atoms with E-state index in [1.807, 2.05) is 28.9 Å². The Balaban J connectivity index is 1.42. The Labute approximate surface area is 209 Å². The van der Waals surface area contributed by atoms with Gasteiger partial charge in [-0.05, 0) is 38.8 Å². The van der Waals surface area contributed by atoms with Crippen LogP contribution in [0.3, 0.4) is 0 Å². The molecule has 4 heterocycles. The van der Waals surface area contributed by atoms with Crippen molar-refractivity contribution < 1.29 is 14.1 Å². The lowest BCUT2D eigenvalue weighted by Crippen LogP contribution is -2.47. The predicted octanol–water partition coefficient (Wildman–Crippen LogP) is 5.56. The quantitative estimate of drug-likeness (QED) is 0.472. The first-order chi connectivity index (χ1) is 16.1. The molecule has 0 atom stereocenters. The molecule has 34 heavy (non-hydrogen) atoms. The van der Waals surface area contributed by atoms with Gasteiger partial charge in [0.05, 0.1) is 15.8 Å². The Hall–Kier alpha value is -2.36. The van der Waals surface area contributed by atoms with Gasteiger partial charge in [0.2, 0.25) is 5.88 Å². The summed E-state index contributed by atoms with van der Waals surface area (Å²) in [5.41, 5.74) is 1.45. The van der Waals surface area contributed by atoms with Crippen molar-refractivity contribution in [3.8, 4) is 16.5 Å². The molecule has 1 aliphatic heterocycles. The lowest BCUT2D eigenvalue weighted by atomic mass is 9.92. The van der Waals surface area contributed by atoms with Crippen molar-refractivity contribution in [3.05, 3.63) is 40.0 Å². The van der Waals surface area contributed by atoms with E-state index in [-0.39, 0.29) is 17.3 Å². The van der Waals surface area contributed by atoms with E-state index >= 15 is 0 Å². The highest BCUT2D eigenvalue weighted by atomic mass is 35.5. The van der Waals surface area contributed by atoms with E-state index in [4.69, 9.17) is 20.9 Å². The van der Waals surface area contributed by atoms with E-state index in [0.717, 1.165) is 42.2 Å². The van der Waals surface area contributed by atoms with Crippen molar-refractivity contribution in [2.45, 2.75) is 71.5 Å². The maximum Gasteiger partial charge on any atom is 0.414 e. The molecule has 3 aromatic rings. The van der Waals surface area contributed by atoms with Crippen molar-refractivity contribution in [1.82, 2.24) is 25.2 Å². The Kier molecular flexibility index (Phi) is 7.35. The zero-order valence-corrected chi connectivity index (χ0v) is 21.9. The van der Waals surface area contributed by atoms with Gasteiger partial charge in [0, 0.05) is 48.4 Å². The summed E-state index contributed by atoms with van der Waals surface area (Å²) in [6.07, 6.45) is 1.36. The van der Waals surface area contributed by atoms with Crippen LogP contribution >= 0.6 is 22.9 Å². The third kappa shape index (κ3) is 6.00. The molecular weight excluding hydrogens is 474 g/mol. The summed E-state index contributed by atoms with van der Waals surface area (Å²) < 4.78 is 13.6. The standard InChI is InChI=1S/C24H32ClN5O3S/c1-15(2)29-10-8-16(9-11-29)26-23(31)32-22-13-20(24(3,4)5)30(27-22)14-17-12-18(33-28-17)19-6-7-21(25)34-19/h6-7,12-13,15-16H,8-11,14H2,1-5H3,(H,26,31). The van der Waals surface area contributed by atoms with Gasteiger partial charge < -0.3 is 19.5 Å². The van der Waals surface area contributed by atoms with Crippen LogP contribution in [0.5, 0.6) is 5.88 Å². The van der Waals surface area contributed by atoms with Crippen molar-refractivity contribution in [3.63, 3.8) is 0 Å². The van der Waals surface area contributed by atoms with Crippen LogP contribution in [0.4, 0.5) is 4.79 Å². The molecule has 1 aliphatic rings. The first-order valence-corrected chi connectivity index (χ1v) is 12.8. The fourth-order valence-electron chi connectivity index (χ4n) is 4.12. The number of likely N-dealkylation sites (tertiary alicyclic amines) is 1. The highest BCUT2D eigenvalue weighted by Crippen LogP contribution is 2.32. The summed E-state index contributed by atoms with van der Waals surface area (Å²) in [4.78, 5) is 15.9. The highest BCUT2D eigenvalue weighted by molar-refractivity contribution is 7.19. The van der Waals surface area contributed by atoms with Crippen molar-refractivity contribution in [2.75, 3.05) is 13.1 Å². The molecule has 0 radical (unpaired) electrons. The number of carbonyl (C=O) groups excluding carboxylic acids is 1. The first-order valence-electron chi connectivity index (χ1n) is 11.6. The molecule has 0 saturated carbocycles. The number of halogens is 1. The first kappa shape index (κ1) is 24.8. The molecule has 184 valence electrons. The highest BCUT2D eigenvalue weighted by Gasteiger charge is 2.26. The van der Waals surface area contributed by atoms with Gasteiger partial charge in [0.1, 0.15) is 5.69 Å². The van der Waals surface area contributed by atoms with Gasteiger partial charge in [0.15, 0.2) is 5.76 Å². The number of ether oxygens (including phenoxy) is 1. The summed E-state index contributed by atoms with van der Waals surface area (Å²) in [6, 6.07) is 8.08. The van der Waals surface area contributed by atoms with Crippen LogP contribution in [-0.2, 0) is 12.0 Å². The van der Waals surface area contributed by atoms with Gasteiger partial charge in [-0.15, -0.1) is 16.4 Å². The second-order valence-corrected chi connectivity index (χ2v) is 11.7. The van der Waals surface area contributed by atoms with Crippen molar-refractivity contribution in [2.24, 2.45) is 0 Å². The van der Waals surface area contributed by atoms with Crippen LogP contribution in [0.25, 0.3) is 10.6 Å². The molecule has 0 spiro atoms. The van der Waals surface area contributed by atoms with Crippen molar-refractivity contribution >= 4 is 29.0 Å². The number of thiophene rings is 1. The van der Waals surface area contributed by atoms with Crippen LogP contribution in [0.2, 0.25) is 4.34 Å². The minimum atomic E-state index is -0.466. The fourth-order valence-corrected chi connectivity index (χ4v) is 5.11. The molecule has 0 unspecified atom stereocenters. The lowest BCUT2D eigenvalue weighted by Gasteiger charge is -2.34. The van der Waals surface area contributed by atoms with Crippen LogP contribution in [0, 0.1) is 0 Å². The third-order valence-electron chi connectivity index (χ3n) is 5.99. The van der Waals surface area contributed by atoms with Crippen LogP contribution in [0.15, 0.2) is 28.8 Å². The summed E-state index contributed by atoms with van der Waals surface area (Å²) in [6.45, 7) is 13.0. The Morgan fingerprint density at radius 2 is 2.03 bits per heavy atom. The summed E-state index contributed by atoms with van der Waals surface area (Å²) >= 11 is 7.47. The lowest BCUT2D eigenvalue weighted by molar-refractivity contribution is 0.151. The monoisotopic (exact) mass is 505 g/mol. The molecule has 0 aromatic carbocycles. The van der Waals surface area contributed by atoms with E-state index in [0.29, 0.717) is 22.7 Å². The zero-order chi connectivity index (χ0) is 24.5. The molecule has 4 rings (SSSR count). The number of piperidine rings is 1. The van der Waals surface area contributed by atoms with Crippen LogP contribution in [-0.4, -0.2) is 51.1 Å². The number of nitrogens with one attached hydrogen (secondary N) is 1. The number of aromatic nitrogens is 3. The number of rotatable bonds is 6. The fraction of sp³-hybridized carbons (Fsp3) is 0.542. The van der Waals surface area contributed by atoms with E-state index in [9.17, 15) is 4.79 Å². The van der Waals surface area contributed by atoms with Gasteiger partial charge >= 0.3 is 6.09 Å². The number of nitrogens with zero attached hydrogens (tertiary/aromatic N) is 4. The largest absolute Gasteiger partial charge is 0.414 e. The van der Waals surface area contributed by atoms with Crippen LogP contribution in [0.1, 0.15) is 58.8 Å². The summed E-state index contributed by atoms with van der Waals surface area (Å²) in [7, 11) is 0. The summed E-state index contributed by atoms with van der Waals surface area (Å²) in [5.74, 6) is 0.937.